The van der Waals surface area contributed by atoms with E-state index < -0.39 is 6.04 Å². The average molecular weight is 470 g/mol. The molecule has 1 aliphatic rings. The molecule has 3 rings (SSSR count). The number of halogens is 1. The molecule has 2 aromatic rings. The molecule has 0 aliphatic carbocycles. The SMILES string of the molecule is CC(C)NC(=O)C(C)N(Cc1cccc(Cl)c1)C(=O)CCCN1C(=O)c2ccccc2C1=O. The Morgan fingerprint density at radius 1 is 1.00 bits per heavy atom. The molecular formula is C25H28ClN3O4. The van der Waals surface area contributed by atoms with Gasteiger partial charge in [0.25, 0.3) is 11.8 Å². The summed E-state index contributed by atoms with van der Waals surface area (Å²) in [5.74, 6) is -1.18. The number of nitrogens with zero attached hydrogens (tertiary/aromatic N) is 2. The number of nitrogens with one attached hydrogen (secondary N) is 1. The molecule has 0 saturated carbocycles. The van der Waals surface area contributed by atoms with Gasteiger partial charge in [-0.3, -0.25) is 24.1 Å². The van der Waals surface area contributed by atoms with Gasteiger partial charge in [0.1, 0.15) is 6.04 Å². The van der Waals surface area contributed by atoms with Crippen LogP contribution in [0.3, 0.4) is 0 Å². The first-order valence-electron chi connectivity index (χ1n) is 11.0. The van der Waals surface area contributed by atoms with Crippen LogP contribution in [0.5, 0.6) is 0 Å². The standard InChI is InChI=1S/C25H28ClN3O4/c1-16(2)27-23(31)17(3)29(15-18-8-6-9-19(26)14-18)22(30)12-7-13-28-24(32)20-10-4-5-11-21(20)25(28)33/h4-6,8-11,14,16-17H,7,12-13,15H2,1-3H3,(H,27,31). The predicted molar refractivity (Wildman–Crippen MR) is 126 cm³/mol. The lowest BCUT2D eigenvalue weighted by atomic mass is 10.1. The number of benzene rings is 2. The van der Waals surface area contributed by atoms with Crippen LogP contribution < -0.4 is 5.32 Å². The molecule has 1 heterocycles. The van der Waals surface area contributed by atoms with Crippen molar-refractivity contribution in [2.45, 2.75) is 52.2 Å². The smallest absolute Gasteiger partial charge is 0.261 e. The number of hydrogen-bond donors (Lipinski definition) is 1. The van der Waals surface area contributed by atoms with E-state index in [0.29, 0.717) is 22.6 Å². The predicted octanol–water partition coefficient (Wildman–Crippen LogP) is 3.66. The van der Waals surface area contributed by atoms with Crippen LogP contribution in [0.25, 0.3) is 0 Å². The zero-order valence-corrected chi connectivity index (χ0v) is 19.8. The van der Waals surface area contributed by atoms with Crippen LogP contribution in [0.15, 0.2) is 48.5 Å². The van der Waals surface area contributed by atoms with Crippen molar-refractivity contribution in [1.29, 1.82) is 0 Å². The lowest BCUT2D eigenvalue weighted by molar-refractivity contribution is -0.140. The quantitative estimate of drug-likeness (QED) is 0.568. The fourth-order valence-electron chi connectivity index (χ4n) is 3.79. The molecule has 1 aliphatic heterocycles. The summed E-state index contributed by atoms with van der Waals surface area (Å²) in [5, 5.41) is 3.39. The highest BCUT2D eigenvalue weighted by Crippen LogP contribution is 2.23. The molecule has 33 heavy (non-hydrogen) atoms. The molecule has 4 amide bonds. The number of hydrogen-bond acceptors (Lipinski definition) is 4. The molecule has 0 bridgehead atoms. The Hall–Kier alpha value is -3.19. The minimum atomic E-state index is -0.696. The molecule has 0 radical (unpaired) electrons. The first-order chi connectivity index (χ1) is 15.7. The Bertz CT molecular complexity index is 1030. The summed E-state index contributed by atoms with van der Waals surface area (Å²) < 4.78 is 0. The molecule has 1 N–H and O–H groups in total. The Morgan fingerprint density at radius 2 is 1.64 bits per heavy atom. The van der Waals surface area contributed by atoms with E-state index >= 15 is 0 Å². The summed E-state index contributed by atoms with van der Waals surface area (Å²) in [5.41, 5.74) is 1.58. The summed E-state index contributed by atoms with van der Waals surface area (Å²) in [6.45, 7) is 5.75. The van der Waals surface area contributed by atoms with Gasteiger partial charge in [0.2, 0.25) is 11.8 Å². The van der Waals surface area contributed by atoms with E-state index in [-0.39, 0.29) is 49.2 Å². The van der Waals surface area contributed by atoms with Crippen LogP contribution in [0.4, 0.5) is 0 Å². The van der Waals surface area contributed by atoms with E-state index in [0.717, 1.165) is 5.56 Å². The van der Waals surface area contributed by atoms with Crippen LogP contribution in [-0.4, -0.2) is 52.1 Å². The third-order valence-electron chi connectivity index (χ3n) is 5.49. The first kappa shape index (κ1) is 24.5. The van der Waals surface area contributed by atoms with Gasteiger partial charge in [0, 0.05) is 30.6 Å². The average Bonchev–Trinajstić information content (AvgIpc) is 3.01. The maximum Gasteiger partial charge on any atom is 0.261 e. The van der Waals surface area contributed by atoms with Gasteiger partial charge in [0.15, 0.2) is 0 Å². The second kappa shape index (κ2) is 10.6. The topological polar surface area (TPSA) is 86.8 Å². The van der Waals surface area contributed by atoms with E-state index in [1.807, 2.05) is 19.9 Å². The molecule has 0 spiro atoms. The Morgan fingerprint density at radius 3 is 2.21 bits per heavy atom. The maximum absolute atomic E-state index is 13.1. The Labute approximate surface area is 198 Å². The summed E-state index contributed by atoms with van der Waals surface area (Å²) in [4.78, 5) is 53.5. The van der Waals surface area contributed by atoms with Crippen molar-refractivity contribution in [3.63, 3.8) is 0 Å². The largest absolute Gasteiger partial charge is 0.352 e. The number of carbonyl (C=O) groups excluding carboxylic acids is 4. The third-order valence-corrected chi connectivity index (χ3v) is 5.73. The molecule has 0 aromatic heterocycles. The maximum atomic E-state index is 13.1. The van der Waals surface area contributed by atoms with Crippen LogP contribution in [0.1, 0.15) is 59.9 Å². The van der Waals surface area contributed by atoms with Gasteiger partial charge < -0.3 is 10.2 Å². The van der Waals surface area contributed by atoms with Gasteiger partial charge >= 0.3 is 0 Å². The Balaban J connectivity index is 1.67. The third kappa shape index (κ3) is 5.79. The van der Waals surface area contributed by atoms with Crippen molar-refractivity contribution < 1.29 is 19.2 Å². The van der Waals surface area contributed by atoms with Gasteiger partial charge in [-0.25, -0.2) is 0 Å². The summed E-state index contributed by atoms with van der Waals surface area (Å²) >= 11 is 6.09. The van der Waals surface area contributed by atoms with Gasteiger partial charge in [-0.15, -0.1) is 0 Å². The molecule has 1 unspecified atom stereocenters. The zero-order chi connectivity index (χ0) is 24.1. The normalized spacial score (nSPS) is 13.8. The lowest BCUT2D eigenvalue weighted by Crippen LogP contribution is -2.49. The van der Waals surface area contributed by atoms with E-state index in [2.05, 4.69) is 5.32 Å². The number of carbonyl (C=O) groups is 4. The van der Waals surface area contributed by atoms with Crippen LogP contribution in [0.2, 0.25) is 5.02 Å². The number of fused-ring (bicyclic) bond motifs is 1. The highest BCUT2D eigenvalue weighted by Gasteiger charge is 2.35. The van der Waals surface area contributed by atoms with Crippen LogP contribution in [-0.2, 0) is 16.1 Å². The van der Waals surface area contributed by atoms with E-state index in [4.69, 9.17) is 11.6 Å². The van der Waals surface area contributed by atoms with E-state index in [9.17, 15) is 19.2 Å². The zero-order valence-electron chi connectivity index (χ0n) is 19.0. The van der Waals surface area contributed by atoms with Crippen LogP contribution in [0, 0.1) is 0 Å². The first-order valence-corrected chi connectivity index (χ1v) is 11.4. The van der Waals surface area contributed by atoms with Crippen molar-refractivity contribution in [1.82, 2.24) is 15.1 Å². The van der Waals surface area contributed by atoms with Gasteiger partial charge in [-0.1, -0.05) is 35.9 Å². The summed E-state index contributed by atoms with van der Waals surface area (Å²) in [7, 11) is 0. The summed E-state index contributed by atoms with van der Waals surface area (Å²) in [6, 6.07) is 13.1. The second-order valence-corrected chi connectivity index (χ2v) is 8.84. The second-order valence-electron chi connectivity index (χ2n) is 8.40. The minimum Gasteiger partial charge on any atom is -0.352 e. The molecule has 0 fully saturated rings. The van der Waals surface area contributed by atoms with Crippen molar-refractivity contribution in [2.75, 3.05) is 6.54 Å². The highest BCUT2D eigenvalue weighted by atomic mass is 35.5. The van der Waals surface area contributed by atoms with Crippen molar-refractivity contribution in [3.05, 3.63) is 70.2 Å². The fourth-order valence-corrected chi connectivity index (χ4v) is 4.01. The monoisotopic (exact) mass is 469 g/mol. The number of amides is 4. The molecular weight excluding hydrogens is 442 g/mol. The van der Waals surface area contributed by atoms with Gasteiger partial charge in [-0.2, -0.15) is 0 Å². The molecule has 2 aromatic carbocycles. The van der Waals surface area contributed by atoms with Gasteiger partial charge in [0.05, 0.1) is 11.1 Å². The van der Waals surface area contributed by atoms with Crippen LogP contribution >= 0.6 is 11.6 Å². The molecule has 7 nitrogen and oxygen atoms in total. The molecule has 1 atom stereocenters. The van der Waals surface area contributed by atoms with Crippen molar-refractivity contribution in [3.8, 4) is 0 Å². The van der Waals surface area contributed by atoms with E-state index in [1.54, 1.807) is 49.4 Å². The van der Waals surface area contributed by atoms with Gasteiger partial charge in [-0.05, 0) is 57.0 Å². The minimum absolute atomic E-state index is 0.0584. The Kier molecular flexibility index (Phi) is 7.87. The molecule has 0 saturated heterocycles. The number of rotatable bonds is 9. The number of imide groups is 1. The molecule has 8 heteroatoms. The lowest BCUT2D eigenvalue weighted by Gasteiger charge is -2.29. The molecule has 174 valence electrons. The van der Waals surface area contributed by atoms with E-state index in [1.165, 1.54) is 9.80 Å². The highest BCUT2D eigenvalue weighted by molar-refractivity contribution is 6.30. The van der Waals surface area contributed by atoms with Crippen molar-refractivity contribution >= 4 is 35.2 Å². The van der Waals surface area contributed by atoms with Crippen molar-refractivity contribution in [2.24, 2.45) is 0 Å². The fraction of sp³-hybridized carbons (Fsp3) is 0.360. The summed E-state index contributed by atoms with van der Waals surface area (Å²) in [6.07, 6.45) is 0.391.